The minimum Gasteiger partial charge on any atom is -0.497 e. The van der Waals surface area contributed by atoms with E-state index in [-0.39, 0.29) is 0 Å². The summed E-state index contributed by atoms with van der Waals surface area (Å²) in [7, 11) is 3.43. The maximum absolute atomic E-state index is 5.46. The van der Waals surface area contributed by atoms with Crippen LogP contribution in [0.2, 0.25) is 0 Å². The van der Waals surface area contributed by atoms with E-state index in [0.717, 1.165) is 24.3 Å². The highest BCUT2D eigenvalue weighted by Crippen LogP contribution is 2.33. The molecule has 1 aliphatic carbocycles. The Bertz CT molecular complexity index is 656. The van der Waals surface area contributed by atoms with E-state index in [4.69, 9.17) is 9.47 Å². The molecule has 0 heterocycles. The quantitative estimate of drug-likeness (QED) is 0.839. The first-order valence-electron chi connectivity index (χ1n) is 6.80. The minimum absolute atomic E-state index is 0.929. The van der Waals surface area contributed by atoms with Gasteiger partial charge in [-0.3, -0.25) is 0 Å². The summed E-state index contributed by atoms with van der Waals surface area (Å²) in [5, 5.41) is 0. The highest BCUT2D eigenvalue weighted by Gasteiger charge is 2.15. The first-order chi connectivity index (χ1) is 9.81. The van der Waals surface area contributed by atoms with Crippen molar-refractivity contribution >= 4 is 5.57 Å². The van der Waals surface area contributed by atoms with Gasteiger partial charge in [-0.15, -0.1) is 0 Å². The van der Waals surface area contributed by atoms with Gasteiger partial charge in [-0.2, -0.15) is 0 Å². The van der Waals surface area contributed by atoms with Gasteiger partial charge in [0.15, 0.2) is 0 Å². The lowest BCUT2D eigenvalue weighted by Gasteiger charge is -2.19. The number of fused-ring (bicyclic) bond motifs is 1. The van der Waals surface area contributed by atoms with E-state index in [2.05, 4.69) is 30.3 Å². The largest absolute Gasteiger partial charge is 0.497 e. The van der Waals surface area contributed by atoms with Crippen LogP contribution in [-0.4, -0.2) is 14.2 Å². The Labute approximate surface area is 119 Å². The van der Waals surface area contributed by atoms with E-state index >= 15 is 0 Å². The molecule has 0 fully saturated rings. The van der Waals surface area contributed by atoms with Crippen molar-refractivity contribution in [3.8, 4) is 11.5 Å². The highest BCUT2D eigenvalue weighted by atomic mass is 16.5. The zero-order valence-corrected chi connectivity index (χ0v) is 11.8. The third-order valence-corrected chi connectivity index (χ3v) is 3.82. The van der Waals surface area contributed by atoms with Crippen molar-refractivity contribution in [2.24, 2.45) is 0 Å². The molecule has 2 nitrogen and oxygen atoms in total. The second kappa shape index (κ2) is 5.41. The SMILES string of the molecule is COc1ccc2c(c1)CC=C(c1ccccc1OC)C2. The molecule has 0 spiro atoms. The summed E-state index contributed by atoms with van der Waals surface area (Å²) >= 11 is 0. The topological polar surface area (TPSA) is 18.5 Å². The molecule has 2 aromatic carbocycles. The molecule has 2 aromatic rings. The summed E-state index contributed by atoms with van der Waals surface area (Å²) in [5.74, 6) is 1.87. The van der Waals surface area contributed by atoms with Gasteiger partial charge in [0.2, 0.25) is 0 Å². The zero-order valence-electron chi connectivity index (χ0n) is 11.8. The van der Waals surface area contributed by atoms with Crippen molar-refractivity contribution in [2.45, 2.75) is 12.8 Å². The number of methoxy groups -OCH3 is 2. The minimum atomic E-state index is 0.929. The lowest BCUT2D eigenvalue weighted by atomic mass is 9.87. The predicted octanol–water partition coefficient (Wildman–Crippen LogP) is 3.89. The van der Waals surface area contributed by atoms with Crippen LogP contribution in [0.25, 0.3) is 5.57 Å². The van der Waals surface area contributed by atoms with Gasteiger partial charge in [-0.25, -0.2) is 0 Å². The van der Waals surface area contributed by atoms with E-state index in [9.17, 15) is 0 Å². The maximum Gasteiger partial charge on any atom is 0.126 e. The predicted molar refractivity (Wildman–Crippen MR) is 81.4 cm³/mol. The number of rotatable bonds is 3. The third kappa shape index (κ3) is 2.29. The molecule has 20 heavy (non-hydrogen) atoms. The van der Waals surface area contributed by atoms with E-state index in [0.29, 0.717) is 0 Å². The Morgan fingerprint density at radius 3 is 2.55 bits per heavy atom. The molecule has 2 heteroatoms. The number of benzene rings is 2. The fraction of sp³-hybridized carbons (Fsp3) is 0.222. The van der Waals surface area contributed by atoms with Crippen molar-refractivity contribution in [1.29, 1.82) is 0 Å². The number of hydrogen-bond donors (Lipinski definition) is 0. The number of hydrogen-bond acceptors (Lipinski definition) is 2. The molecule has 0 saturated heterocycles. The second-order valence-corrected chi connectivity index (χ2v) is 4.95. The van der Waals surface area contributed by atoms with Gasteiger partial charge in [-0.05, 0) is 47.7 Å². The van der Waals surface area contributed by atoms with Crippen LogP contribution in [0.15, 0.2) is 48.5 Å². The Morgan fingerprint density at radius 2 is 1.75 bits per heavy atom. The third-order valence-electron chi connectivity index (χ3n) is 3.82. The van der Waals surface area contributed by atoms with Gasteiger partial charge < -0.3 is 9.47 Å². The molecule has 0 amide bonds. The van der Waals surface area contributed by atoms with E-state index < -0.39 is 0 Å². The molecule has 0 N–H and O–H groups in total. The van der Waals surface area contributed by atoms with Crippen molar-refractivity contribution in [1.82, 2.24) is 0 Å². The monoisotopic (exact) mass is 266 g/mol. The van der Waals surface area contributed by atoms with Gasteiger partial charge in [0.05, 0.1) is 14.2 Å². The van der Waals surface area contributed by atoms with Crippen LogP contribution in [0.1, 0.15) is 16.7 Å². The zero-order chi connectivity index (χ0) is 13.9. The molecule has 3 rings (SSSR count). The Balaban J connectivity index is 1.94. The summed E-state index contributed by atoms with van der Waals surface area (Å²) in [6, 6.07) is 14.5. The molecule has 0 aliphatic heterocycles. The van der Waals surface area contributed by atoms with Crippen molar-refractivity contribution < 1.29 is 9.47 Å². The van der Waals surface area contributed by atoms with Crippen molar-refractivity contribution in [2.75, 3.05) is 14.2 Å². The molecular formula is C18H18O2. The number of para-hydroxylation sites is 1. The van der Waals surface area contributed by atoms with Gasteiger partial charge in [0.25, 0.3) is 0 Å². The average molecular weight is 266 g/mol. The highest BCUT2D eigenvalue weighted by molar-refractivity contribution is 5.74. The Morgan fingerprint density at radius 1 is 0.900 bits per heavy atom. The van der Waals surface area contributed by atoms with E-state index in [1.165, 1.54) is 22.3 Å². The van der Waals surface area contributed by atoms with Gasteiger partial charge >= 0.3 is 0 Å². The van der Waals surface area contributed by atoms with Crippen LogP contribution in [0.3, 0.4) is 0 Å². The molecule has 0 unspecified atom stereocenters. The molecular weight excluding hydrogens is 248 g/mol. The summed E-state index contributed by atoms with van der Waals surface area (Å²) in [5.41, 5.74) is 5.24. The fourth-order valence-electron chi connectivity index (χ4n) is 2.72. The first-order valence-corrected chi connectivity index (χ1v) is 6.80. The van der Waals surface area contributed by atoms with Crippen LogP contribution in [0, 0.1) is 0 Å². The number of allylic oxidation sites excluding steroid dienone is 2. The van der Waals surface area contributed by atoms with E-state index in [1.807, 2.05) is 18.2 Å². The van der Waals surface area contributed by atoms with Gasteiger partial charge in [0.1, 0.15) is 11.5 Å². The molecule has 0 saturated carbocycles. The average Bonchev–Trinajstić information content (AvgIpc) is 2.53. The maximum atomic E-state index is 5.46. The van der Waals surface area contributed by atoms with Crippen LogP contribution in [-0.2, 0) is 12.8 Å². The van der Waals surface area contributed by atoms with Crippen LogP contribution >= 0.6 is 0 Å². The van der Waals surface area contributed by atoms with Crippen molar-refractivity contribution in [3.05, 3.63) is 65.2 Å². The van der Waals surface area contributed by atoms with Gasteiger partial charge in [-0.1, -0.05) is 30.3 Å². The second-order valence-electron chi connectivity index (χ2n) is 4.95. The van der Waals surface area contributed by atoms with Crippen molar-refractivity contribution in [3.63, 3.8) is 0 Å². The normalized spacial score (nSPS) is 13.4. The molecule has 102 valence electrons. The number of ether oxygens (including phenoxy) is 2. The fourth-order valence-corrected chi connectivity index (χ4v) is 2.72. The standard InChI is InChI=1S/C18H18O2/c1-19-16-10-9-13-11-15(8-7-14(13)12-16)17-5-3-4-6-18(17)20-2/h3-6,8-10,12H,7,11H2,1-2H3. The Hall–Kier alpha value is -2.22. The van der Waals surface area contributed by atoms with Crippen LogP contribution in [0.4, 0.5) is 0 Å². The summed E-state index contributed by atoms with van der Waals surface area (Å²) in [4.78, 5) is 0. The molecule has 0 radical (unpaired) electrons. The van der Waals surface area contributed by atoms with Crippen LogP contribution < -0.4 is 9.47 Å². The van der Waals surface area contributed by atoms with E-state index in [1.54, 1.807) is 14.2 Å². The summed E-state index contributed by atoms with van der Waals surface area (Å²) < 4.78 is 10.7. The molecule has 0 atom stereocenters. The first kappa shape index (κ1) is 12.8. The van der Waals surface area contributed by atoms with Gasteiger partial charge in [0, 0.05) is 5.56 Å². The lowest BCUT2D eigenvalue weighted by Crippen LogP contribution is -2.04. The summed E-state index contributed by atoms with van der Waals surface area (Å²) in [6.07, 6.45) is 4.18. The lowest BCUT2D eigenvalue weighted by molar-refractivity contribution is 0.413. The molecule has 0 aromatic heterocycles. The Kier molecular flexibility index (Phi) is 3.46. The van der Waals surface area contributed by atoms with Crippen LogP contribution in [0.5, 0.6) is 11.5 Å². The summed E-state index contributed by atoms with van der Waals surface area (Å²) in [6.45, 7) is 0. The smallest absolute Gasteiger partial charge is 0.126 e. The molecule has 0 bridgehead atoms. The molecule has 1 aliphatic rings.